The fourth-order valence-corrected chi connectivity index (χ4v) is 1.88. The zero-order chi connectivity index (χ0) is 12.7. The smallest absolute Gasteiger partial charge is 0.305 e. The Hall–Kier alpha value is -1.14. The van der Waals surface area contributed by atoms with Gasteiger partial charge >= 0.3 is 5.97 Å². The number of carboxylic acids is 1. The van der Waals surface area contributed by atoms with Crippen LogP contribution in [0.5, 0.6) is 0 Å². The first-order chi connectivity index (χ1) is 8.08. The Bertz CT molecular complexity index is 275. The Kier molecular flexibility index (Phi) is 5.37. The van der Waals surface area contributed by atoms with E-state index in [4.69, 9.17) is 14.6 Å². The van der Waals surface area contributed by atoms with Gasteiger partial charge in [-0.15, -0.1) is 0 Å². The molecule has 0 aromatic rings. The van der Waals surface area contributed by atoms with Crippen molar-refractivity contribution in [1.82, 2.24) is 5.32 Å². The minimum atomic E-state index is -0.884. The van der Waals surface area contributed by atoms with Gasteiger partial charge in [0.05, 0.1) is 25.2 Å². The molecule has 0 saturated heterocycles. The average Bonchev–Trinajstić information content (AvgIpc) is 2.20. The van der Waals surface area contributed by atoms with E-state index in [1.165, 1.54) is 0 Å². The molecule has 1 rings (SSSR count). The summed E-state index contributed by atoms with van der Waals surface area (Å²) < 4.78 is 9.85. The fraction of sp³-hybridized carbons (Fsp3) is 0.818. The highest BCUT2D eigenvalue weighted by Crippen LogP contribution is 2.34. The molecule has 0 radical (unpaired) electrons. The zero-order valence-corrected chi connectivity index (χ0v) is 10.0. The summed E-state index contributed by atoms with van der Waals surface area (Å²) in [5.74, 6) is -1.15. The quantitative estimate of drug-likeness (QED) is 0.595. The van der Waals surface area contributed by atoms with Gasteiger partial charge in [0.15, 0.2) is 0 Å². The van der Waals surface area contributed by atoms with Crippen LogP contribution in [0.2, 0.25) is 0 Å². The number of amides is 1. The van der Waals surface area contributed by atoms with Crippen LogP contribution in [0.15, 0.2) is 0 Å². The largest absolute Gasteiger partial charge is 0.481 e. The average molecular weight is 245 g/mol. The van der Waals surface area contributed by atoms with E-state index in [1.807, 2.05) is 0 Å². The van der Waals surface area contributed by atoms with Crippen LogP contribution in [0.1, 0.15) is 25.7 Å². The minimum absolute atomic E-state index is 0.0171. The van der Waals surface area contributed by atoms with Crippen LogP contribution in [-0.2, 0) is 19.1 Å². The maximum atomic E-state index is 11.5. The van der Waals surface area contributed by atoms with E-state index >= 15 is 0 Å². The lowest BCUT2D eigenvalue weighted by Crippen LogP contribution is -2.55. The maximum absolute atomic E-state index is 11.5. The van der Waals surface area contributed by atoms with E-state index in [0.717, 1.165) is 19.3 Å². The third-order valence-corrected chi connectivity index (χ3v) is 2.87. The number of rotatable bonds is 8. The van der Waals surface area contributed by atoms with Crippen molar-refractivity contribution in [3.05, 3.63) is 0 Å². The predicted octanol–water partition coefficient (Wildman–Crippen LogP) is 0.163. The SMILES string of the molecule is COCCOCC(=O)NC1(CC(=O)O)CCC1. The highest BCUT2D eigenvalue weighted by atomic mass is 16.5. The van der Waals surface area contributed by atoms with E-state index in [-0.39, 0.29) is 18.9 Å². The normalized spacial score (nSPS) is 17.2. The molecule has 0 bridgehead atoms. The number of carbonyl (C=O) groups is 2. The van der Waals surface area contributed by atoms with Gasteiger partial charge in [0.1, 0.15) is 6.61 Å². The van der Waals surface area contributed by atoms with Crippen LogP contribution in [-0.4, -0.2) is 49.5 Å². The fourth-order valence-electron chi connectivity index (χ4n) is 1.88. The molecule has 17 heavy (non-hydrogen) atoms. The Balaban J connectivity index is 2.25. The second-order valence-corrected chi connectivity index (χ2v) is 4.30. The van der Waals surface area contributed by atoms with Gasteiger partial charge in [-0.1, -0.05) is 0 Å². The van der Waals surface area contributed by atoms with Gasteiger partial charge in [0.25, 0.3) is 0 Å². The topological polar surface area (TPSA) is 84.9 Å². The number of carbonyl (C=O) groups excluding carboxylic acids is 1. The van der Waals surface area contributed by atoms with Crippen LogP contribution < -0.4 is 5.32 Å². The number of ether oxygens (including phenoxy) is 2. The van der Waals surface area contributed by atoms with Crippen LogP contribution in [0.4, 0.5) is 0 Å². The molecule has 6 nitrogen and oxygen atoms in total. The molecule has 6 heteroatoms. The van der Waals surface area contributed by atoms with Crippen molar-refractivity contribution in [3.63, 3.8) is 0 Å². The molecule has 0 aromatic heterocycles. The lowest BCUT2D eigenvalue weighted by Gasteiger charge is -2.41. The summed E-state index contributed by atoms with van der Waals surface area (Å²) in [6, 6.07) is 0. The lowest BCUT2D eigenvalue weighted by atomic mass is 9.74. The first-order valence-corrected chi connectivity index (χ1v) is 5.67. The second kappa shape index (κ2) is 6.56. The van der Waals surface area contributed by atoms with Crippen molar-refractivity contribution in [1.29, 1.82) is 0 Å². The zero-order valence-electron chi connectivity index (χ0n) is 10.0. The van der Waals surface area contributed by atoms with Gasteiger partial charge in [-0.3, -0.25) is 9.59 Å². The van der Waals surface area contributed by atoms with Gasteiger partial charge < -0.3 is 19.9 Å². The van der Waals surface area contributed by atoms with E-state index in [9.17, 15) is 9.59 Å². The Morgan fingerprint density at radius 2 is 2.06 bits per heavy atom. The summed E-state index contributed by atoms with van der Waals surface area (Å²) in [4.78, 5) is 22.2. The van der Waals surface area contributed by atoms with Crippen molar-refractivity contribution in [2.45, 2.75) is 31.2 Å². The molecule has 0 aliphatic heterocycles. The van der Waals surface area contributed by atoms with Crippen molar-refractivity contribution >= 4 is 11.9 Å². The van der Waals surface area contributed by atoms with Crippen LogP contribution in [0, 0.1) is 0 Å². The summed E-state index contributed by atoms with van der Waals surface area (Å²) in [6.07, 6.45) is 2.39. The van der Waals surface area contributed by atoms with E-state index in [1.54, 1.807) is 7.11 Å². The van der Waals surface area contributed by atoms with E-state index in [2.05, 4.69) is 5.32 Å². The van der Waals surface area contributed by atoms with Gasteiger partial charge in [0.2, 0.25) is 5.91 Å². The van der Waals surface area contributed by atoms with Crippen molar-refractivity contribution in [3.8, 4) is 0 Å². The number of hydrogen-bond donors (Lipinski definition) is 2. The second-order valence-electron chi connectivity index (χ2n) is 4.30. The molecule has 1 saturated carbocycles. The monoisotopic (exact) mass is 245 g/mol. The molecule has 1 fully saturated rings. The Morgan fingerprint density at radius 3 is 2.53 bits per heavy atom. The van der Waals surface area contributed by atoms with Gasteiger partial charge in [-0.25, -0.2) is 0 Å². The summed E-state index contributed by atoms with van der Waals surface area (Å²) in [5.41, 5.74) is -0.548. The summed E-state index contributed by atoms with van der Waals surface area (Å²) in [7, 11) is 1.56. The van der Waals surface area contributed by atoms with Crippen molar-refractivity contribution in [2.75, 3.05) is 26.9 Å². The van der Waals surface area contributed by atoms with E-state index < -0.39 is 11.5 Å². The molecule has 0 atom stereocenters. The van der Waals surface area contributed by atoms with Crippen molar-refractivity contribution in [2.24, 2.45) is 0 Å². The number of methoxy groups -OCH3 is 1. The summed E-state index contributed by atoms with van der Waals surface area (Å²) in [5, 5.41) is 11.5. The lowest BCUT2D eigenvalue weighted by molar-refractivity contribution is -0.141. The molecular weight excluding hydrogens is 226 g/mol. The predicted molar refractivity (Wildman–Crippen MR) is 59.7 cm³/mol. The third kappa shape index (κ3) is 4.70. The summed E-state index contributed by atoms with van der Waals surface area (Å²) in [6.45, 7) is 0.744. The third-order valence-electron chi connectivity index (χ3n) is 2.87. The molecular formula is C11H19NO5. The number of aliphatic carboxylic acids is 1. The number of nitrogens with one attached hydrogen (secondary N) is 1. The highest BCUT2D eigenvalue weighted by molar-refractivity contribution is 5.79. The molecule has 0 aromatic carbocycles. The molecule has 1 aliphatic rings. The van der Waals surface area contributed by atoms with E-state index in [0.29, 0.717) is 13.2 Å². The number of carboxylic acid groups (broad SMARTS) is 1. The summed E-state index contributed by atoms with van der Waals surface area (Å²) >= 11 is 0. The molecule has 1 aliphatic carbocycles. The first-order valence-electron chi connectivity index (χ1n) is 5.67. The standard InChI is InChI=1S/C11H19NO5/c1-16-5-6-17-8-9(13)12-11(3-2-4-11)7-10(14)15/h2-8H2,1H3,(H,12,13)(H,14,15). The molecule has 0 heterocycles. The molecule has 1 amide bonds. The van der Waals surface area contributed by atoms with Gasteiger partial charge in [0, 0.05) is 7.11 Å². The molecule has 0 spiro atoms. The van der Waals surface area contributed by atoms with Gasteiger partial charge in [-0.2, -0.15) is 0 Å². The van der Waals surface area contributed by atoms with Crippen LogP contribution in [0.3, 0.4) is 0 Å². The van der Waals surface area contributed by atoms with Crippen molar-refractivity contribution < 1.29 is 24.2 Å². The number of hydrogen-bond acceptors (Lipinski definition) is 4. The Labute approximate surface area is 100 Å². The molecule has 2 N–H and O–H groups in total. The Morgan fingerprint density at radius 1 is 1.35 bits per heavy atom. The highest BCUT2D eigenvalue weighted by Gasteiger charge is 2.40. The molecule has 98 valence electrons. The maximum Gasteiger partial charge on any atom is 0.305 e. The van der Waals surface area contributed by atoms with Gasteiger partial charge in [-0.05, 0) is 19.3 Å². The first kappa shape index (κ1) is 13.9. The molecule has 0 unspecified atom stereocenters. The van der Waals surface area contributed by atoms with Crippen LogP contribution >= 0.6 is 0 Å². The minimum Gasteiger partial charge on any atom is -0.481 e. The van der Waals surface area contributed by atoms with Crippen LogP contribution in [0.25, 0.3) is 0 Å².